The smallest absolute Gasteiger partial charge is 0.308 e. The molecule has 1 N–H and O–H groups in total. The monoisotopic (exact) mass is 339 g/mol. The fourth-order valence-electron chi connectivity index (χ4n) is 3.17. The average molecular weight is 339 g/mol. The van der Waals surface area contributed by atoms with Gasteiger partial charge >= 0.3 is 5.97 Å². The number of carboxylic acids is 1. The highest BCUT2D eigenvalue weighted by Gasteiger charge is 2.32. The van der Waals surface area contributed by atoms with E-state index in [1.807, 2.05) is 31.2 Å². The number of likely N-dealkylation sites (tertiary alicyclic amines) is 1. The number of piperidine rings is 1. The van der Waals surface area contributed by atoms with Gasteiger partial charge in [-0.15, -0.1) is 0 Å². The largest absolute Gasteiger partial charge is 0.481 e. The zero-order chi connectivity index (χ0) is 17.8. The van der Waals surface area contributed by atoms with Gasteiger partial charge in [0.15, 0.2) is 0 Å². The van der Waals surface area contributed by atoms with E-state index in [1.165, 1.54) is 0 Å². The maximum atomic E-state index is 12.6. The summed E-state index contributed by atoms with van der Waals surface area (Å²) >= 11 is 0. The number of aliphatic carboxylic acids is 1. The molecule has 2 aromatic rings. The molecule has 2 heterocycles. The Morgan fingerprint density at radius 2 is 1.96 bits per heavy atom. The van der Waals surface area contributed by atoms with Crippen molar-refractivity contribution in [1.29, 1.82) is 0 Å². The molecule has 25 heavy (non-hydrogen) atoms. The Morgan fingerprint density at radius 1 is 1.20 bits per heavy atom. The lowest BCUT2D eigenvalue weighted by atomic mass is 9.93. The molecule has 3 rings (SSSR count). The molecule has 1 saturated heterocycles. The SMILES string of the molecule is C[C@@H]1CC[C@H](C(=O)O)CN1C(=O)Cc1ccc(-c2cnccn2)cc1. The molecule has 1 aliphatic heterocycles. The molecular weight excluding hydrogens is 318 g/mol. The van der Waals surface area contributed by atoms with E-state index in [9.17, 15) is 14.7 Å². The lowest BCUT2D eigenvalue weighted by Crippen LogP contribution is -2.47. The van der Waals surface area contributed by atoms with Crippen LogP contribution in [0.1, 0.15) is 25.3 Å². The van der Waals surface area contributed by atoms with Gasteiger partial charge in [0.1, 0.15) is 0 Å². The predicted octanol–water partition coefficient (Wildman–Crippen LogP) is 2.40. The zero-order valence-electron chi connectivity index (χ0n) is 14.1. The van der Waals surface area contributed by atoms with Crippen molar-refractivity contribution in [1.82, 2.24) is 14.9 Å². The fourth-order valence-corrected chi connectivity index (χ4v) is 3.17. The minimum Gasteiger partial charge on any atom is -0.481 e. The number of carbonyl (C=O) groups excluding carboxylic acids is 1. The van der Waals surface area contributed by atoms with Gasteiger partial charge in [-0.1, -0.05) is 24.3 Å². The number of benzene rings is 1. The first-order valence-electron chi connectivity index (χ1n) is 8.42. The zero-order valence-corrected chi connectivity index (χ0v) is 14.1. The fraction of sp³-hybridized carbons (Fsp3) is 0.368. The van der Waals surface area contributed by atoms with Crippen molar-refractivity contribution in [3.8, 4) is 11.3 Å². The first kappa shape index (κ1) is 17.1. The molecule has 0 bridgehead atoms. The van der Waals surface area contributed by atoms with Gasteiger partial charge in [0.25, 0.3) is 0 Å². The van der Waals surface area contributed by atoms with Crippen molar-refractivity contribution in [2.45, 2.75) is 32.2 Å². The van der Waals surface area contributed by atoms with E-state index in [2.05, 4.69) is 9.97 Å². The Bertz CT molecular complexity index is 746. The molecule has 6 nitrogen and oxygen atoms in total. The van der Waals surface area contributed by atoms with Gasteiger partial charge in [0.05, 0.1) is 24.2 Å². The first-order valence-corrected chi connectivity index (χ1v) is 8.42. The maximum absolute atomic E-state index is 12.6. The van der Waals surface area contributed by atoms with Gasteiger partial charge in [-0.05, 0) is 25.3 Å². The highest BCUT2D eigenvalue weighted by Crippen LogP contribution is 2.23. The summed E-state index contributed by atoms with van der Waals surface area (Å²) in [7, 11) is 0. The third kappa shape index (κ3) is 4.02. The van der Waals surface area contributed by atoms with Gasteiger partial charge in [-0.3, -0.25) is 19.6 Å². The molecule has 0 saturated carbocycles. The summed E-state index contributed by atoms with van der Waals surface area (Å²) in [6, 6.07) is 7.75. The summed E-state index contributed by atoms with van der Waals surface area (Å²) in [6.45, 7) is 2.28. The maximum Gasteiger partial charge on any atom is 0.308 e. The van der Waals surface area contributed by atoms with Crippen molar-refractivity contribution in [2.24, 2.45) is 5.92 Å². The van der Waals surface area contributed by atoms with E-state index in [-0.39, 0.29) is 18.4 Å². The van der Waals surface area contributed by atoms with Gasteiger partial charge in [0, 0.05) is 30.5 Å². The van der Waals surface area contributed by atoms with Crippen LogP contribution in [0.25, 0.3) is 11.3 Å². The summed E-state index contributed by atoms with van der Waals surface area (Å²) < 4.78 is 0. The van der Waals surface area contributed by atoms with Crippen LogP contribution in [0.5, 0.6) is 0 Å². The topological polar surface area (TPSA) is 83.4 Å². The highest BCUT2D eigenvalue weighted by molar-refractivity contribution is 5.80. The Labute approximate surface area is 146 Å². The molecule has 1 aliphatic rings. The number of amides is 1. The number of carboxylic acid groups (broad SMARTS) is 1. The standard InChI is InChI=1S/C19H21N3O3/c1-13-2-5-16(19(24)25)12-22(13)18(23)10-14-3-6-15(7-4-14)17-11-20-8-9-21-17/h3-4,6-9,11,13,16H,2,5,10,12H2,1H3,(H,24,25)/t13-,16+/m1/s1. The quantitative estimate of drug-likeness (QED) is 0.925. The van der Waals surface area contributed by atoms with Gasteiger partial charge in [0.2, 0.25) is 5.91 Å². The van der Waals surface area contributed by atoms with Crippen LogP contribution < -0.4 is 0 Å². The summed E-state index contributed by atoms with van der Waals surface area (Å²) in [5.41, 5.74) is 2.64. The van der Waals surface area contributed by atoms with Gasteiger partial charge in [-0.2, -0.15) is 0 Å². The Kier molecular flexibility index (Phi) is 5.07. The number of nitrogens with zero attached hydrogens (tertiary/aromatic N) is 3. The van der Waals surface area contributed by atoms with Crippen LogP contribution in [0, 0.1) is 5.92 Å². The van der Waals surface area contributed by atoms with E-state index in [0.717, 1.165) is 23.2 Å². The van der Waals surface area contributed by atoms with Crippen molar-refractivity contribution in [3.05, 3.63) is 48.4 Å². The Morgan fingerprint density at radius 3 is 2.60 bits per heavy atom. The minimum atomic E-state index is -0.821. The first-order chi connectivity index (χ1) is 12.0. The highest BCUT2D eigenvalue weighted by atomic mass is 16.4. The van der Waals surface area contributed by atoms with Crippen LogP contribution in [0.15, 0.2) is 42.9 Å². The van der Waals surface area contributed by atoms with Gasteiger partial charge in [-0.25, -0.2) is 0 Å². The average Bonchev–Trinajstić information content (AvgIpc) is 2.63. The van der Waals surface area contributed by atoms with Crippen LogP contribution in [0.3, 0.4) is 0 Å². The van der Waals surface area contributed by atoms with Crippen molar-refractivity contribution < 1.29 is 14.7 Å². The number of hydrogen-bond acceptors (Lipinski definition) is 4. The molecule has 2 atom stereocenters. The second kappa shape index (κ2) is 7.42. The normalized spacial score (nSPS) is 20.3. The lowest BCUT2D eigenvalue weighted by Gasteiger charge is -2.36. The van der Waals surface area contributed by atoms with Crippen molar-refractivity contribution in [3.63, 3.8) is 0 Å². The minimum absolute atomic E-state index is 0.0225. The molecule has 1 aromatic heterocycles. The number of aromatic nitrogens is 2. The Hall–Kier alpha value is -2.76. The van der Waals surface area contributed by atoms with E-state index in [0.29, 0.717) is 13.0 Å². The molecular formula is C19H21N3O3. The lowest BCUT2D eigenvalue weighted by molar-refractivity contribution is -0.146. The number of rotatable bonds is 4. The summed E-state index contributed by atoms with van der Waals surface area (Å²) in [6.07, 6.45) is 6.60. The summed E-state index contributed by atoms with van der Waals surface area (Å²) in [5, 5.41) is 9.20. The summed E-state index contributed by atoms with van der Waals surface area (Å²) in [4.78, 5) is 33.8. The van der Waals surface area contributed by atoms with E-state index in [1.54, 1.807) is 23.5 Å². The molecule has 0 spiro atoms. The van der Waals surface area contributed by atoms with Gasteiger partial charge < -0.3 is 10.0 Å². The molecule has 6 heteroatoms. The number of hydrogen-bond donors (Lipinski definition) is 1. The molecule has 130 valence electrons. The van der Waals surface area contributed by atoms with Crippen molar-refractivity contribution >= 4 is 11.9 Å². The third-order valence-corrected chi connectivity index (χ3v) is 4.72. The van der Waals surface area contributed by atoms with E-state index >= 15 is 0 Å². The molecule has 1 amide bonds. The third-order valence-electron chi connectivity index (χ3n) is 4.72. The molecule has 0 unspecified atom stereocenters. The van der Waals surface area contributed by atoms with E-state index < -0.39 is 11.9 Å². The second-order valence-electron chi connectivity index (χ2n) is 6.47. The molecule has 1 aromatic carbocycles. The van der Waals surface area contributed by atoms with Crippen LogP contribution in [0.2, 0.25) is 0 Å². The summed E-state index contributed by atoms with van der Waals surface area (Å²) in [5.74, 6) is -1.30. The van der Waals surface area contributed by atoms with Crippen molar-refractivity contribution in [2.75, 3.05) is 6.54 Å². The molecule has 0 aliphatic carbocycles. The molecule has 0 radical (unpaired) electrons. The predicted molar refractivity (Wildman–Crippen MR) is 92.7 cm³/mol. The van der Waals surface area contributed by atoms with Crippen LogP contribution >= 0.6 is 0 Å². The number of carbonyl (C=O) groups is 2. The van der Waals surface area contributed by atoms with Crippen LogP contribution in [0.4, 0.5) is 0 Å². The Balaban J connectivity index is 1.67. The second-order valence-corrected chi connectivity index (χ2v) is 6.47. The van der Waals surface area contributed by atoms with E-state index in [4.69, 9.17) is 0 Å². The molecule has 1 fully saturated rings. The van der Waals surface area contributed by atoms with Crippen LogP contribution in [-0.2, 0) is 16.0 Å². The van der Waals surface area contributed by atoms with Crippen LogP contribution in [-0.4, -0.2) is 44.4 Å².